The highest BCUT2D eigenvalue weighted by Gasteiger charge is 2.30. The largest absolute Gasteiger partial charge is 0.465 e. The number of para-hydroxylation sites is 1. The average Bonchev–Trinajstić information content (AvgIpc) is 3.22. The van der Waals surface area contributed by atoms with E-state index in [2.05, 4.69) is 10.6 Å². The third kappa shape index (κ3) is 9.59. The number of aliphatic hydroxyl groups is 1. The zero-order valence-electron chi connectivity index (χ0n) is 24.8. The molecule has 1 heterocycles. The highest BCUT2D eigenvalue weighted by Crippen LogP contribution is 2.28. The van der Waals surface area contributed by atoms with E-state index < -0.39 is 36.8 Å². The van der Waals surface area contributed by atoms with Gasteiger partial charge in [-0.25, -0.2) is 9.59 Å². The Balaban J connectivity index is 1.36. The third-order valence-electron chi connectivity index (χ3n) is 8.24. The summed E-state index contributed by atoms with van der Waals surface area (Å²) in [7, 11) is 0. The van der Waals surface area contributed by atoms with Crippen molar-refractivity contribution < 1.29 is 34.1 Å². The van der Waals surface area contributed by atoms with Gasteiger partial charge >= 0.3 is 12.2 Å². The van der Waals surface area contributed by atoms with Crippen LogP contribution in [0.4, 0.5) is 15.3 Å². The molecule has 2 aromatic carbocycles. The highest BCUT2D eigenvalue weighted by atomic mass is 35.5. The lowest BCUT2D eigenvalue weighted by molar-refractivity contribution is -0.125. The van der Waals surface area contributed by atoms with Crippen molar-refractivity contribution in [2.24, 2.45) is 5.92 Å². The van der Waals surface area contributed by atoms with E-state index in [1.54, 1.807) is 53.4 Å². The van der Waals surface area contributed by atoms with E-state index in [4.69, 9.17) is 16.3 Å². The smallest absolute Gasteiger partial charge is 0.408 e. The maximum atomic E-state index is 13.4. The molecule has 0 radical (unpaired) electrons. The summed E-state index contributed by atoms with van der Waals surface area (Å²) in [4.78, 5) is 53.9. The Morgan fingerprint density at radius 3 is 2.50 bits per heavy atom. The van der Waals surface area contributed by atoms with Gasteiger partial charge < -0.3 is 35.4 Å². The topological polar surface area (TPSA) is 149 Å². The van der Waals surface area contributed by atoms with Gasteiger partial charge in [-0.15, -0.1) is 0 Å². The predicted octanol–water partition coefficient (Wildman–Crippen LogP) is 4.69. The molecule has 0 saturated heterocycles. The second-order valence-corrected chi connectivity index (χ2v) is 11.9. The van der Waals surface area contributed by atoms with Gasteiger partial charge in [0.15, 0.2) is 0 Å². The standard InChI is InChI=1S/C32H41ClN4O7/c33-25-11-6-9-23(17-25)21-44-31(41)35-27(18-22-7-2-1-3-8-22)30(40)34-26(20-38)13-14-29(39)37-16-15-36(32(42)43)19-24-10-4-5-12-28(24)37/h4-6,9-12,17,22,26-27,38H,1-3,7-8,13-16,18-21H2,(H,34,40)(H,35,41)(H,42,43). The van der Waals surface area contributed by atoms with Gasteiger partial charge in [-0.2, -0.15) is 0 Å². The van der Waals surface area contributed by atoms with Crippen molar-refractivity contribution >= 4 is 41.3 Å². The number of amides is 4. The number of carbonyl (C=O) groups is 4. The van der Waals surface area contributed by atoms with Crippen LogP contribution in [-0.2, 0) is 27.5 Å². The van der Waals surface area contributed by atoms with Crippen LogP contribution in [-0.4, -0.2) is 70.9 Å². The van der Waals surface area contributed by atoms with Crippen LogP contribution >= 0.6 is 11.6 Å². The Morgan fingerprint density at radius 2 is 1.77 bits per heavy atom. The Kier molecular flexibility index (Phi) is 12.3. The van der Waals surface area contributed by atoms with Gasteiger partial charge in [0.25, 0.3) is 0 Å². The lowest BCUT2D eigenvalue weighted by Gasteiger charge is -2.28. The van der Waals surface area contributed by atoms with Crippen LogP contribution in [0.1, 0.15) is 62.5 Å². The molecule has 2 unspecified atom stereocenters. The van der Waals surface area contributed by atoms with Crippen molar-refractivity contribution in [2.45, 2.75) is 76.6 Å². The van der Waals surface area contributed by atoms with Gasteiger partial charge in [0.1, 0.15) is 12.6 Å². The highest BCUT2D eigenvalue weighted by molar-refractivity contribution is 6.30. The molecule has 1 fully saturated rings. The molecule has 2 aromatic rings. The van der Waals surface area contributed by atoms with Crippen molar-refractivity contribution in [3.63, 3.8) is 0 Å². The number of carboxylic acid groups (broad SMARTS) is 1. The molecule has 4 amide bonds. The fourth-order valence-electron chi connectivity index (χ4n) is 5.85. The number of nitrogens with one attached hydrogen (secondary N) is 2. The first-order chi connectivity index (χ1) is 21.2. The molecule has 2 atom stereocenters. The molecule has 238 valence electrons. The van der Waals surface area contributed by atoms with Gasteiger partial charge in [-0.3, -0.25) is 9.59 Å². The number of alkyl carbamates (subject to hydrolysis) is 1. The molecule has 0 aromatic heterocycles. The minimum absolute atomic E-state index is 0.00457. The average molecular weight is 629 g/mol. The SMILES string of the molecule is O=C(NC(CC1CCCCC1)C(=O)NC(CO)CCC(=O)N1CCN(C(=O)O)Cc2ccccc21)OCc1cccc(Cl)c1. The van der Waals surface area contributed by atoms with Crippen LogP contribution in [0.2, 0.25) is 5.02 Å². The van der Waals surface area contributed by atoms with Crippen molar-refractivity contribution in [1.29, 1.82) is 0 Å². The summed E-state index contributed by atoms with van der Waals surface area (Å²) in [6, 6.07) is 12.6. The van der Waals surface area contributed by atoms with Crippen molar-refractivity contribution in [3.05, 3.63) is 64.7 Å². The molecule has 1 aliphatic heterocycles. The fourth-order valence-corrected chi connectivity index (χ4v) is 6.06. The molecule has 0 bridgehead atoms. The molecule has 4 N–H and O–H groups in total. The molecular formula is C32H41ClN4O7. The number of benzene rings is 2. The number of carbonyl (C=O) groups excluding carboxylic acids is 3. The number of aliphatic hydroxyl groups excluding tert-OH is 1. The number of ether oxygens (including phenoxy) is 1. The molecule has 2 aliphatic rings. The molecular weight excluding hydrogens is 588 g/mol. The molecule has 11 nitrogen and oxygen atoms in total. The van der Waals surface area contributed by atoms with Gasteiger partial charge in [0.05, 0.1) is 19.2 Å². The number of hydrogen-bond acceptors (Lipinski definition) is 6. The Hall–Kier alpha value is -3.83. The second-order valence-electron chi connectivity index (χ2n) is 11.4. The minimum atomic E-state index is -1.05. The first kappa shape index (κ1) is 33.1. The van der Waals surface area contributed by atoms with E-state index in [-0.39, 0.29) is 50.9 Å². The van der Waals surface area contributed by atoms with Crippen molar-refractivity contribution in [2.75, 3.05) is 24.6 Å². The fraction of sp³-hybridized carbons (Fsp3) is 0.500. The Bertz CT molecular complexity index is 1300. The molecule has 1 saturated carbocycles. The van der Waals surface area contributed by atoms with Crippen LogP contribution in [0, 0.1) is 5.92 Å². The normalized spacial score (nSPS) is 16.7. The lowest BCUT2D eigenvalue weighted by Crippen LogP contribution is -2.51. The van der Waals surface area contributed by atoms with Gasteiger partial charge in [-0.05, 0) is 48.1 Å². The van der Waals surface area contributed by atoms with E-state index >= 15 is 0 Å². The molecule has 0 spiro atoms. The van der Waals surface area contributed by atoms with Crippen molar-refractivity contribution in [1.82, 2.24) is 15.5 Å². The van der Waals surface area contributed by atoms with Crippen LogP contribution < -0.4 is 15.5 Å². The lowest BCUT2D eigenvalue weighted by atomic mass is 9.84. The number of nitrogens with zero attached hydrogens (tertiary/aromatic N) is 2. The maximum absolute atomic E-state index is 13.4. The molecule has 1 aliphatic carbocycles. The van der Waals surface area contributed by atoms with Crippen molar-refractivity contribution in [3.8, 4) is 0 Å². The zero-order chi connectivity index (χ0) is 31.5. The van der Waals surface area contributed by atoms with Crippen LogP contribution in [0.15, 0.2) is 48.5 Å². The molecule has 44 heavy (non-hydrogen) atoms. The number of rotatable bonds is 11. The molecule has 12 heteroatoms. The summed E-state index contributed by atoms with van der Waals surface area (Å²) in [6.07, 6.45) is 4.09. The van der Waals surface area contributed by atoms with Crippen LogP contribution in [0.5, 0.6) is 0 Å². The van der Waals surface area contributed by atoms with Crippen LogP contribution in [0.25, 0.3) is 0 Å². The minimum Gasteiger partial charge on any atom is -0.465 e. The summed E-state index contributed by atoms with van der Waals surface area (Å²) in [6.45, 7) is 0.148. The van der Waals surface area contributed by atoms with Gasteiger partial charge in [0.2, 0.25) is 11.8 Å². The Labute approximate surface area is 262 Å². The summed E-state index contributed by atoms with van der Waals surface area (Å²) in [5, 5.41) is 25.7. The summed E-state index contributed by atoms with van der Waals surface area (Å²) >= 11 is 6.02. The van der Waals surface area contributed by atoms with Crippen LogP contribution in [0.3, 0.4) is 0 Å². The number of halogens is 1. The van der Waals surface area contributed by atoms with E-state index in [0.717, 1.165) is 37.7 Å². The summed E-state index contributed by atoms with van der Waals surface area (Å²) in [5.74, 6) is -0.409. The summed E-state index contributed by atoms with van der Waals surface area (Å²) in [5.41, 5.74) is 2.10. The van der Waals surface area contributed by atoms with E-state index in [1.807, 2.05) is 0 Å². The first-order valence-electron chi connectivity index (χ1n) is 15.2. The zero-order valence-corrected chi connectivity index (χ0v) is 25.5. The monoisotopic (exact) mass is 628 g/mol. The van der Waals surface area contributed by atoms with E-state index in [1.165, 1.54) is 4.90 Å². The second kappa shape index (κ2) is 16.3. The number of fused-ring (bicyclic) bond motifs is 1. The van der Waals surface area contributed by atoms with Gasteiger partial charge in [0, 0.05) is 30.2 Å². The quantitative estimate of drug-likeness (QED) is 0.282. The van der Waals surface area contributed by atoms with E-state index in [0.29, 0.717) is 22.7 Å². The van der Waals surface area contributed by atoms with Gasteiger partial charge in [-0.1, -0.05) is 74.0 Å². The maximum Gasteiger partial charge on any atom is 0.408 e. The first-order valence-corrected chi connectivity index (χ1v) is 15.6. The predicted molar refractivity (Wildman–Crippen MR) is 165 cm³/mol. The number of hydrogen-bond donors (Lipinski definition) is 4. The summed E-state index contributed by atoms with van der Waals surface area (Å²) < 4.78 is 5.36. The molecule has 4 rings (SSSR count). The Morgan fingerprint density at radius 1 is 1.00 bits per heavy atom. The van der Waals surface area contributed by atoms with E-state index in [9.17, 15) is 29.4 Å². The third-order valence-corrected chi connectivity index (χ3v) is 8.48. The number of anilines is 1.